The van der Waals surface area contributed by atoms with E-state index in [-0.39, 0.29) is 17.6 Å². The number of hydrogen-bond donors (Lipinski definition) is 0. The summed E-state index contributed by atoms with van der Waals surface area (Å²) in [4.78, 5) is 15.8. The maximum atomic E-state index is 14.6. The average molecular weight is 334 g/mol. The average Bonchev–Trinajstić information content (AvgIpc) is 2.59. The quantitative estimate of drug-likeness (QED) is 0.794. The first-order valence-electron chi connectivity index (χ1n) is 8.88. The number of piperidine rings is 1. The molecule has 0 N–H and O–H groups in total. The topological polar surface area (TPSA) is 32.8 Å². The Morgan fingerprint density at radius 3 is 2.58 bits per heavy atom. The number of ether oxygens (including phenoxy) is 1. The van der Waals surface area contributed by atoms with Crippen LogP contribution in [0.2, 0.25) is 0 Å². The highest BCUT2D eigenvalue weighted by molar-refractivity contribution is 5.81. The van der Waals surface area contributed by atoms with Gasteiger partial charge >= 0.3 is 0 Å². The Bertz CT molecular complexity index is 558. The number of hydrogen-bond acceptors (Lipinski definition) is 3. The van der Waals surface area contributed by atoms with Crippen molar-refractivity contribution in [2.45, 2.75) is 50.6 Å². The highest BCUT2D eigenvalue weighted by atomic mass is 19.1. The molecule has 0 bridgehead atoms. The van der Waals surface area contributed by atoms with Crippen molar-refractivity contribution in [3.63, 3.8) is 0 Å². The minimum atomic E-state index is -0.963. The molecule has 2 saturated heterocycles. The predicted molar refractivity (Wildman–Crippen MR) is 91.4 cm³/mol. The number of carbonyl (C=O) groups is 1. The van der Waals surface area contributed by atoms with Crippen molar-refractivity contribution in [2.24, 2.45) is 0 Å². The van der Waals surface area contributed by atoms with E-state index in [4.69, 9.17) is 4.74 Å². The van der Waals surface area contributed by atoms with Gasteiger partial charge in [0, 0.05) is 33.1 Å². The highest BCUT2D eigenvalue weighted by Crippen LogP contribution is 2.34. The lowest BCUT2D eigenvalue weighted by Gasteiger charge is -2.49. The predicted octanol–water partition coefficient (Wildman–Crippen LogP) is 2.63. The van der Waals surface area contributed by atoms with Crippen LogP contribution >= 0.6 is 0 Å². The number of likely N-dealkylation sites (N-methyl/N-ethyl adjacent to an activating group) is 1. The van der Waals surface area contributed by atoms with Gasteiger partial charge in [-0.15, -0.1) is 0 Å². The van der Waals surface area contributed by atoms with E-state index in [2.05, 4.69) is 0 Å². The SMILES string of the molecule is CC[C@H]1OC2(CCN(C(F)Cc3ccccc3)CC2)CN(C)C1=O. The molecule has 0 aromatic heterocycles. The zero-order valence-corrected chi connectivity index (χ0v) is 14.6. The molecule has 1 aromatic carbocycles. The van der Waals surface area contributed by atoms with E-state index in [1.165, 1.54) is 0 Å². The van der Waals surface area contributed by atoms with Gasteiger partial charge in [0.1, 0.15) is 6.10 Å². The van der Waals surface area contributed by atoms with Crippen LogP contribution in [0, 0.1) is 0 Å². The zero-order valence-electron chi connectivity index (χ0n) is 14.6. The molecular formula is C19H27FN2O2. The lowest BCUT2D eigenvalue weighted by atomic mass is 9.88. The van der Waals surface area contributed by atoms with Crippen LogP contribution in [0.25, 0.3) is 0 Å². The minimum Gasteiger partial charge on any atom is -0.360 e. The molecule has 1 unspecified atom stereocenters. The van der Waals surface area contributed by atoms with Gasteiger partial charge in [0.2, 0.25) is 0 Å². The molecule has 4 nitrogen and oxygen atoms in total. The van der Waals surface area contributed by atoms with Crippen molar-refractivity contribution in [2.75, 3.05) is 26.7 Å². The molecular weight excluding hydrogens is 307 g/mol. The molecule has 2 heterocycles. The van der Waals surface area contributed by atoms with Gasteiger partial charge in [0.15, 0.2) is 6.30 Å². The number of morpholine rings is 1. The van der Waals surface area contributed by atoms with Crippen molar-refractivity contribution < 1.29 is 13.9 Å². The molecule has 2 aliphatic heterocycles. The first-order valence-corrected chi connectivity index (χ1v) is 8.88. The molecule has 5 heteroatoms. The summed E-state index contributed by atoms with van der Waals surface area (Å²) in [5.41, 5.74) is 0.724. The number of rotatable bonds is 4. The number of benzene rings is 1. The molecule has 0 radical (unpaired) electrons. The smallest absolute Gasteiger partial charge is 0.251 e. The van der Waals surface area contributed by atoms with Crippen LogP contribution in [-0.4, -0.2) is 60.4 Å². The van der Waals surface area contributed by atoms with Gasteiger partial charge in [0.05, 0.1) is 5.60 Å². The van der Waals surface area contributed by atoms with Crippen LogP contribution < -0.4 is 0 Å². The number of halogens is 1. The number of alkyl halides is 1. The van der Waals surface area contributed by atoms with E-state index in [0.717, 1.165) is 18.4 Å². The second-order valence-corrected chi connectivity index (χ2v) is 7.05. The van der Waals surface area contributed by atoms with Crippen molar-refractivity contribution in [3.8, 4) is 0 Å². The molecule has 24 heavy (non-hydrogen) atoms. The zero-order chi connectivity index (χ0) is 17.2. The third-order valence-corrected chi connectivity index (χ3v) is 5.29. The fourth-order valence-corrected chi connectivity index (χ4v) is 3.83. The number of nitrogens with zero attached hydrogens (tertiary/aromatic N) is 2. The first-order chi connectivity index (χ1) is 11.5. The first kappa shape index (κ1) is 17.4. The molecule has 0 saturated carbocycles. The summed E-state index contributed by atoms with van der Waals surface area (Å²) in [6.07, 6.45) is 1.35. The van der Waals surface area contributed by atoms with Gasteiger partial charge in [-0.25, -0.2) is 4.39 Å². The van der Waals surface area contributed by atoms with Gasteiger partial charge in [-0.05, 0) is 24.8 Å². The van der Waals surface area contributed by atoms with Crippen molar-refractivity contribution >= 4 is 5.91 Å². The van der Waals surface area contributed by atoms with Crippen LogP contribution in [0.15, 0.2) is 30.3 Å². The molecule has 2 fully saturated rings. The molecule has 2 aliphatic rings. The summed E-state index contributed by atoms with van der Waals surface area (Å²) in [5, 5.41) is 0. The van der Waals surface area contributed by atoms with Crippen molar-refractivity contribution in [1.82, 2.24) is 9.80 Å². The maximum Gasteiger partial charge on any atom is 0.251 e. The van der Waals surface area contributed by atoms with E-state index in [9.17, 15) is 9.18 Å². The largest absolute Gasteiger partial charge is 0.360 e. The summed E-state index contributed by atoms with van der Waals surface area (Å²) in [7, 11) is 1.84. The number of amides is 1. The second kappa shape index (κ2) is 7.19. The van der Waals surface area contributed by atoms with E-state index in [0.29, 0.717) is 32.5 Å². The summed E-state index contributed by atoms with van der Waals surface area (Å²) >= 11 is 0. The third kappa shape index (κ3) is 3.62. The van der Waals surface area contributed by atoms with E-state index < -0.39 is 6.30 Å². The van der Waals surface area contributed by atoms with E-state index in [1.807, 2.05) is 49.2 Å². The monoisotopic (exact) mass is 334 g/mol. The van der Waals surface area contributed by atoms with Crippen molar-refractivity contribution in [3.05, 3.63) is 35.9 Å². The van der Waals surface area contributed by atoms with E-state index in [1.54, 1.807) is 4.90 Å². The van der Waals surface area contributed by atoms with Gasteiger partial charge in [0.25, 0.3) is 5.91 Å². The minimum absolute atomic E-state index is 0.0676. The number of likely N-dealkylation sites (tertiary alicyclic amines) is 1. The van der Waals surface area contributed by atoms with Gasteiger partial charge in [-0.2, -0.15) is 0 Å². The Kier molecular flexibility index (Phi) is 5.21. The van der Waals surface area contributed by atoms with Crippen LogP contribution in [0.5, 0.6) is 0 Å². The Labute approximate surface area is 143 Å². The molecule has 132 valence electrons. The van der Waals surface area contributed by atoms with Gasteiger partial charge in [-0.3, -0.25) is 9.69 Å². The van der Waals surface area contributed by atoms with Gasteiger partial charge < -0.3 is 9.64 Å². The number of carbonyl (C=O) groups excluding carboxylic acids is 1. The fourth-order valence-electron chi connectivity index (χ4n) is 3.83. The van der Waals surface area contributed by atoms with E-state index >= 15 is 0 Å². The lowest BCUT2D eigenvalue weighted by molar-refractivity contribution is -0.193. The molecule has 2 atom stereocenters. The Hall–Kier alpha value is -1.46. The summed E-state index contributed by atoms with van der Waals surface area (Å²) in [5.74, 6) is 0.0676. The van der Waals surface area contributed by atoms with Crippen LogP contribution in [-0.2, 0) is 16.0 Å². The van der Waals surface area contributed by atoms with Crippen LogP contribution in [0.3, 0.4) is 0 Å². The highest BCUT2D eigenvalue weighted by Gasteiger charge is 2.45. The Morgan fingerprint density at radius 2 is 1.96 bits per heavy atom. The Morgan fingerprint density at radius 1 is 1.29 bits per heavy atom. The normalized spacial score (nSPS) is 25.9. The second-order valence-electron chi connectivity index (χ2n) is 7.05. The summed E-state index contributed by atoms with van der Waals surface area (Å²) in [6.45, 7) is 3.94. The standard InChI is InChI=1S/C19H27FN2O2/c1-3-16-18(23)21(2)14-19(24-16)9-11-22(12-10-19)17(20)13-15-7-5-4-6-8-15/h4-8,16-17H,3,9-14H2,1-2H3/t16-,17?/m1/s1. The fraction of sp³-hybridized carbons (Fsp3) is 0.632. The lowest BCUT2D eigenvalue weighted by Crippen LogP contribution is -2.61. The molecule has 1 aromatic rings. The summed E-state index contributed by atoms with van der Waals surface area (Å²) < 4.78 is 20.8. The van der Waals surface area contributed by atoms with Crippen LogP contribution in [0.1, 0.15) is 31.7 Å². The molecule has 1 spiro atoms. The molecule has 3 rings (SSSR count). The third-order valence-electron chi connectivity index (χ3n) is 5.29. The summed E-state index contributed by atoms with van der Waals surface area (Å²) in [6, 6.07) is 9.77. The Balaban J connectivity index is 1.58. The van der Waals surface area contributed by atoms with Crippen molar-refractivity contribution in [1.29, 1.82) is 0 Å². The maximum absolute atomic E-state index is 14.6. The van der Waals surface area contributed by atoms with Gasteiger partial charge in [-0.1, -0.05) is 37.3 Å². The molecule has 0 aliphatic carbocycles. The van der Waals surface area contributed by atoms with Crippen LogP contribution in [0.4, 0.5) is 4.39 Å². The molecule has 1 amide bonds.